The number of hydrogen-bond donors (Lipinski definition) is 1. The molecule has 3 unspecified atom stereocenters. The van der Waals surface area contributed by atoms with E-state index in [1.165, 1.54) is 18.6 Å². The average Bonchev–Trinajstić information content (AvgIpc) is 2.93. The lowest BCUT2D eigenvalue weighted by molar-refractivity contribution is -0.137. The highest BCUT2D eigenvalue weighted by atomic mass is 19.4. The van der Waals surface area contributed by atoms with Gasteiger partial charge in [-0.15, -0.1) is 0 Å². The van der Waals surface area contributed by atoms with E-state index in [9.17, 15) is 13.2 Å². The lowest BCUT2D eigenvalue weighted by atomic mass is 9.87. The first-order valence-corrected chi connectivity index (χ1v) is 7.57. The number of benzene rings is 1. The van der Waals surface area contributed by atoms with Gasteiger partial charge < -0.3 is 5.32 Å². The highest BCUT2D eigenvalue weighted by Crippen LogP contribution is 2.33. The zero-order valence-corrected chi connectivity index (χ0v) is 12.2. The summed E-state index contributed by atoms with van der Waals surface area (Å²) in [6, 6.07) is 5.79. The molecule has 0 aliphatic carbocycles. The molecular weight excluding hydrogens is 277 g/mol. The molecule has 3 rings (SSSR count). The van der Waals surface area contributed by atoms with Crippen LogP contribution >= 0.6 is 0 Å². The van der Waals surface area contributed by atoms with Gasteiger partial charge in [0.25, 0.3) is 0 Å². The molecule has 0 amide bonds. The Morgan fingerprint density at radius 3 is 2.48 bits per heavy atom. The number of halogens is 3. The summed E-state index contributed by atoms with van der Waals surface area (Å²) in [5, 5.41) is 3.44. The number of alkyl halides is 3. The molecule has 0 radical (unpaired) electrons. The molecule has 1 aromatic carbocycles. The summed E-state index contributed by atoms with van der Waals surface area (Å²) < 4.78 is 37.8. The maximum Gasteiger partial charge on any atom is 0.416 e. The SMILES string of the molecule is CC(c1ccc(C(F)(F)F)cc1)N1CCC2CNCC2C1. The van der Waals surface area contributed by atoms with Crippen molar-refractivity contribution in [3.8, 4) is 0 Å². The van der Waals surface area contributed by atoms with Crippen LogP contribution in [0.5, 0.6) is 0 Å². The second kappa shape index (κ2) is 5.61. The zero-order valence-electron chi connectivity index (χ0n) is 12.2. The fourth-order valence-electron chi connectivity index (χ4n) is 3.58. The van der Waals surface area contributed by atoms with Crippen molar-refractivity contribution < 1.29 is 13.2 Å². The first-order valence-electron chi connectivity index (χ1n) is 7.57. The Morgan fingerprint density at radius 2 is 1.81 bits per heavy atom. The summed E-state index contributed by atoms with van der Waals surface area (Å²) in [5.74, 6) is 1.47. The van der Waals surface area contributed by atoms with E-state index < -0.39 is 11.7 Å². The lowest BCUT2D eigenvalue weighted by Gasteiger charge is -2.38. The van der Waals surface area contributed by atoms with Crippen molar-refractivity contribution in [1.29, 1.82) is 0 Å². The number of nitrogens with zero attached hydrogens (tertiary/aromatic N) is 1. The molecule has 2 aliphatic rings. The lowest BCUT2D eigenvalue weighted by Crippen LogP contribution is -2.41. The second-order valence-corrected chi connectivity index (χ2v) is 6.26. The maximum atomic E-state index is 12.6. The third-order valence-corrected chi connectivity index (χ3v) is 5.00. The van der Waals surface area contributed by atoms with E-state index >= 15 is 0 Å². The Balaban J connectivity index is 1.69. The highest BCUT2D eigenvalue weighted by molar-refractivity contribution is 5.26. The summed E-state index contributed by atoms with van der Waals surface area (Å²) in [7, 11) is 0. The number of nitrogens with one attached hydrogen (secondary N) is 1. The molecule has 2 heterocycles. The van der Waals surface area contributed by atoms with Crippen LogP contribution < -0.4 is 5.32 Å². The Kier molecular flexibility index (Phi) is 3.97. The van der Waals surface area contributed by atoms with E-state index in [1.54, 1.807) is 12.1 Å². The Morgan fingerprint density at radius 1 is 1.14 bits per heavy atom. The van der Waals surface area contributed by atoms with Gasteiger partial charge in [-0.1, -0.05) is 12.1 Å². The molecule has 2 aliphatic heterocycles. The van der Waals surface area contributed by atoms with Gasteiger partial charge in [0.1, 0.15) is 0 Å². The normalized spacial score (nSPS) is 28.4. The van der Waals surface area contributed by atoms with Crippen LogP contribution in [0, 0.1) is 11.8 Å². The van der Waals surface area contributed by atoms with E-state index in [1.807, 2.05) is 0 Å². The molecule has 0 bridgehead atoms. The number of likely N-dealkylation sites (tertiary alicyclic amines) is 1. The fourth-order valence-corrected chi connectivity index (χ4v) is 3.58. The van der Waals surface area contributed by atoms with Gasteiger partial charge >= 0.3 is 6.18 Å². The number of fused-ring (bicyclic) bond motifs is 1. The van der Waals surface area contributed by atoms with Gasteiger partial charge in [0, 0.05) is 12.6 Å². The zero-order chi connectivity index (χ0) is 15.0. The molecule has 2 fully saturated rings. The second-order valence-electron chi connectivity index (χ2n) is 6.26. The number of piperidine rings is 1. The molecule has 21 heavy (non-hydrogen) atoms. The molecule has 5 heteroatoms. The van der Waals surface area contributed by atoms with E-state index in [0.29, 0.717) is 5.92 Å². The molecule has 116 valence electrons. The van der Waals surface area contributed by atoms with Gasteiger partial charge in [-0.05, 0) is 62.5 Å². The Labute approximate surface area is 123 Å². The first kappa shape index (κ1) is 14.9. The van der Waals surface area contributed by atoms with Crippen LogP contribution in [0.1, 0.15) is 30.5 Å². The minimum atomic E-state index is -4.25. The largest absolute Gasteiger partial charge is 0.416 e. The minimum Gasteiger partial charge on any atom is -0.316 e. The molecule has 2 nitrogen and oxygen atoms in total. The predicted octanol–water partition coefficient (Wildman–Crippen LogP) is 3.31. The molecule has 0 spiro atoms. The van der Waals surface area contributed by atoms with Gasteiger partial charge in [0.05, 0.1) is 5.56 Å². The summed E-state index contributed by atoms with van der Waals surface area (Å²) in [4.78, 5) is 2.40. The third kappa shape index (κ3) is 3.09. The van der Waals surface area contributed by atoms with Crippen molar-refractivity contribution >= 4 is 0 Å². The molecular formula is C16H21F3N2. The molecule has 2 saturated heterocycles. The van der Waals surface area contributed by atoms with E-state index in [2.05, 4.69) is 17.1 Å². The van der Waals surface area contributed by atoms with E-state index in [0.717, 1.165) is 37.7 Å². The summed E-state index contributed by atoms with van der Waals surface area (Å²) in [6.07, 6.45) is -3.07. The van der Waals surface area contributed by atoms with Crippen molar-refractivity contribution in [2.24, 2.45) is 11.8 Å². The fraction of sp³-hybridized carbons (Fsp3) is 0.625. The molecule has 1 N–H and O–H groups in total. The monoisotopic (exact) mass is 298 g/mol. The van der Waals surface area contributed by atoms with Crippen molar-refractivity contribution in [1.82, 2.24) is 10.2 Å². The van der Waals surface area contributed by atoms with Crippen LogP contribution in [-0.2, 0) is 6.18 Å². The van der Waals surface area contributed by atoms with E-state index in [-0.39, 0.29) is 6.04 Å². The number of hydrogen-bond acceptors (Lipinski definition) is 2. The molecule has 1 aromatic rings. The summed E-state index contributed by atoms with van der Waals surface area (Å²) in [5.41, 5.74) is 0.393. The summed E-state index contributed by atoms with van der Waals surface area (Å²) in [6.45, 7) is 6.35. The van der Waals surface area contributed by atoms with Gasteiger partial charge in [-0.3, -0.25) is 4.90 Å². The van der Waals surface area contributed by atoms with E-state index in [4.69, 9.17) is 0 Å². The standard InChI is InChI=1S/C16H21F3N2/c1-11(12-2-4-15(5-3-12)16(17,18)19)21-7-6-13-8-20-9-14(13)10-21/h2-5,11,13-14,20H,6-10H2,1H3. The smallest absolute Gasteiger partial charge is 0.316 e. The van der Waals surface area contributed by atoms with Gasteiger partial charge in [0.2, 0.25) is 0 Å². The van der Waals surface area contributed by atoms with Crippen molar-refractivity contribution in [2.75, 3.05) is 26.2 Å². The predicted molar refractivity (Wildman–Crippen MR) is 75.9 cm³/mol. The molecule has 0 aromatic heterocycles. The van der Waals surface area contributed by atoms with Crippen LogP contribution in [0.3, 0.4) is 0 Å². The highest BCUT2D eigenvalue weighted by Gasteiger charge is 2.35. The van der Waals surface area contributed by atoms with Crippen molar-refractivity contribution in [3.63, 3.8) is 0 Å². The van der Waals surface area contributed by atoms with Gasteiger partial charge in [0.15, 0.2) is 0 Å². The quantitative estimate of drug-likeness (QED) is 0.901. The van der Waals surface area contributed by atoms with Gasteiger partial charge in [-0.25, -0.2) is 0 Å². The Hall–Kier alpha value is -1.07. The molecule has 0 saturated carbocycles. The molecule has 3 atom stereocenters. The topological polar surface area (TPSA) is 15.3 Å². The van der Waals surface area contributed by atoms with Crippen LogP contribution in [0.4, 0.5) is 13.2 Å². The minimum absolute atomic E-state index is 0.175. The van der Waals surface area contributed by atoms with Crippen LogP contribution in [-0.4, -0.2) is 31.1 Å². The number of rotatable bonds is 2. The maximum absolute atomic E-state index is 12.6. The van der Waals surface area contributed by atoms with Crippen LogP contribution in [0.15, 0.2) is 24.3 Å². The average molecular weight is 298 g/mol. The third-order valence-electron chi connectivity index (χ3n) is 5.00. The van der Waals surface area contributed by atoms with Crippen molar-refractivity contribution in [2.45, 2.75) is 25.6 Å². The van der Waals surface area contributed by atoms with Crippen LogP contribution in [0.2, 0.25) is 0 Å². The first-order chi connectivity index (χ1) is 9.95. The Bertz CT molecular complexity index is 483. The summed E-state index contributed by atoms with van der Waals surface area (Å²) >= 11 is 0. The van der Waals surface area contributed by atoms with Crippen LogP contribution in [0.25, 0.3) is 0 Å². The van der Waals surface area contributed by atoms with Crippen molar-refractivity contribution in [3.05, 3.63) is 35.4 Å². The van der Waals surface area contributed by atoms with Gasteiger partial charge in [-0.2, -0.15) is 13.2 Å².